The molecule has 0 amide bonds. The Morgan fingerprint density at radius 3 is 2.45 bits per heavy atom. The van der Waals surface area contributed by atoms with Gasteiger partial charge >= 0.3 is 0 Å². The summed E-state index contributed by atoms with van der Waals surface area (Å²) in [4.78, 5) is 2.52. The molecule has 0 unspecified atom stereocenters. The molecule has 0 bridgehead atoms. The minimum absolute atomic E-state index is 0.702. The molecule has 3 aliphatic rings. The van der Waals surface area contributed by atoms with Gasteiger partial charge < -0.3 is 15.4 Å². The molecule has 4 heteroatoms. The monoisotopic (exact) mass is 281 g/mol. The third-order valence-corrected chi connectivity index (χ3v) is 5.68. The third kappa shape index (κ3) is 3.94. The first-order chi connectivity index (χ1) is 9.86. The lowest BCUT2D eigenvalue weighted by atomic mass is 9.67. The quantitative estimate of drug-likeness (QED) is 0.812. The molecule has 20 heavy (non-hydrogen) atoms. The number of nitrogens with one attached hydrogen (secondary N) is 2. The van der Waals surface area contributed by atoms with Gasteiger partial charge in [-0.25, -0.2) is 0 Å². The van der Waals surface area contributed by atoms with E-state index in [0.717, 1.165) is 38.9 Å². The van der Waals surface area contributed by atoms with E-state index < -0.39 is 0 Å². The number of ether oxygens (including phenoxy) is 1. The first-order valence-electron chi connectivity index (χ1n) is 8.61. The fourth-order valence-corrected chi connectivity index (χ4v) is 4.14. The number of hydrogen-bond acceptors (Lipinski definition) is 4. The molecule has 1 saturated carbocycles. The van der Waals surface area contributed by atoms with Crippen LogP contribution < -0.4 is 10.6 Å². The van der Waals surface area contributed by atoms with Gasteiger partial charge in [-0.15, -0.1) is 0 Å². The van der Waals surface area contributed by atoms with Crippen molar-refractivity contribution in [2.75, 3.05) is 52.5 Å². The van der Waals surface area contributed by atoms with E-state index in [-0.39, 0.29) is 0 Å². The summed E-state index contributed by atoms with van der Waals surface area (Å²) >= 11 is 0. The van der Waals surface area contributed by atoms with Gasteiger partial charge in [0.15, 0.2) is 0 Å². The van der Waals surface area contributed by atoms with Gasteiger partial charge in [-0.1, -0.05) is 0 Å². The number of rotatable bonds is 4. The summed E-state index contributed by atoms with van der Waals surface area (Å²) in [5.74, 6) is 0. The fraction of sp³-hybridized carbons (Fsp3) is 1.00. The maximum absolute atomic E-state index is 5.39. The van der Waals surface area contributed by atoms with Crippen LogP contribution in [0.5, 0.6) is 0 Å². The molecule has 0 radical (unpaired) electrons. The molecule has 0 atom stereocenters. The Hall–Kier alpha value is -0.160. The zero-order valence-electron chi connectivity index (χ0n) is 12.8. The lowest BCUT2D eigenvalue weighted by Gasteiger charge is -2.43. The molecule has 0 aromatic heterocycles. The van der Waals surface area contributed by atoms with Crippen LogP contribution in [0.1, 0.15) is 38.5 Å². The average molecular weight is 281 g/mol. The SMILES string of the molecule is C1CC2(CCN1)CCC(NCCN1CCOCC1)CC2. The summed E-state index contributed by atoms with van der Waals surface area (Å²) < 4.78 is 5.39. The predicted octanol–water partition coefficient (Wildman–Crippen LogP) is 1.22. The maximum atomic E-state index is 5.39. The lowest BCUT2D eigenvalue weighted by molar-refractivity contribution is 0.0374. The van der Waals surface area contributed by atoms with Crippen molar-refractivity contribution < 1.29 is 4.74 Å². The van der Waals surface area contributed by atoms with Crippen molar-refractivity contribution in [2.24, 2.45) is 5.41 Å². The lowest BCUT2D eigenvalue weighted by Crippen LogP contribution is -2.45. The Bertz CT molecular complexity index is 275. The summed E-state index contributed by atoms with van der Waals surface area (Å²) in [6.45, 7) is 8.89. The second-order valence-corrected chi connectivity index (χ2v) is 6.93. The van der Waals surface area contributed by atoms with E-state index in [0.29, 0.717) is 5.41 Å². The highest BCUT2D eigenvalue weighted by atomic mass is 16.5. The minimum Gasteiger partial charge on any atom is -0.379 e. The van der Waals surface area contributed by atoms with E-state index in [1.165, 1.54) is 58.2 Å². The van der Waals surface area contributed by atoms with Crippen LogP contribution in [-0.4, -0.2) is 63.4 Å². The van der Waals surface area contributed by atoms with Gasteiger partial charge in [0.1, 0.15) is 0 Å². The van der Waals surface area contributed by atoms with Crippen LogP contribution in [0.3, 0.4) is 0 Å². The second-order valence-electron chi connectivity index (χ2n) is 6.93. The van der Waals surface area contributed by atoms with Crippen LogP contribution >= 0.6 is 0 Å². The Labute approximate surface area is 123 Å². The first-order valence-corrected chi connectivity index (χ1v) is 8.61. The molecule has 3 fully saturated rings. The Balaban J connectivity index is 1.32. The molecular weight excluding hydrogens is 250 g/mol. The number of morpholine rings is 1. The molecule has 4 nitrogen and oxygen atoms in total. The zero-order valence-corrected chi connectivity index (χ0v) is 12.8. The van der Waals surface area contributed by atoms with Crippen molar-refractivity contribution in [3.8, 4) is 0 Å². The first kappa shape index (κ1) is 14.8. The van der Waals surface area contributed by atoms with Gasteiger partial charge in [0.05, 0.1) is 13.2 Å². The molecule has 2 heterocycles. The van der Waals surface area contributed by atoms with Crippen molar-refractivity contribution in [3.05, 3.63) is 0 Å². The zero-order chi connectivity index (χ0) is 13.7. The molecule has 1 spiro atoms. The van der Waals surface area contributed by atoms with E-state index in [1.807, 2.05) is 0 Å². The fourth-order valence-electron chi connectivity index (χ4n) is 4.14. The van der Waals surface area contributed by atoms with Gasteiger partial charge in [-0.3, -0.25) is 4.90 Å². The Morgan fingerprint density at radius 1 is 1.05 bits per heavy atom. The minimum atomic E-state index is 0.702. The normalized spacial score (nSPS) is 28.8. The van der Waals surface area contributed by atoms with Crippen molar-refractivity contribution >= 4 is 0 Å². The molecule has 0 aromatic carbocycles. The van der Waals surface area contributed by atoms with Gasteiger partial charge in [0.25, 0.3) is 0 Å². The third-order valence-electron chi connectivity index (χ3n) is 5.68. The van der Waals surface area contributed by atoms with E-state index in [4.69, 9.17) is 4.74 Å². The highest BCUT2D eigenvalue weighted by Crippen LogP contribution is 2.43. The van der Waals surface area contributed by atoms with Crippen molar-refractivity contribution in [3.63, 3.8) is 0 Å². The van der Waals surface area contributed by atoms with E-state index in [2.05, 4.69) is 15.5 Å². The summed E-state index contributed by atoms with van der Waals surface area (Å²) in [6.07, 6.45) is 8.50. The van der Waals surface area contributed by atoms with Crippen molar-refractivity contribution in [1.29, 1.82) is 0 Å². The molecule has 2 saturated heterocycles. The second kappa shape index (κ2) is 7.21. The Kier molecular flexibility index (Phi) is 5.32. The van der Waals surface area contributed by atoms with Gasteiger partial charge in [0.2, 0.25) is 0 Å². The molecule has 1 aliphatic carbocycles. The van der Waals surface area contributed by atoms with E-state index in [9.17, 15) is 0 Å². The van der Waals surface area contributed by atoms with Crippen molar-refractivity contribution in [1.82, 2.24) is 15.5 Å². The molecule has 0 aromatic rings. The van der Waals surface area contributed by atoms with Crippen LogP contribution in [0.2, 0.25) is 0 Å². The topological polar surface area (TPSA) is 36.5 Å². The average Bonchev–Trinajstić information content (AvgIpc) is 2.52. The summed E-state index contributed by atoms with van der Waals surface area (Å²) in [7, 11) is 0. The van der Waals surface area contributed by atoms with Crippen molar-refractivity contribution in [2.45, 2.75) is 44.6 Å². The van der Waals surface area contributed by atoms with Crippen LogP contribution in [0.15, 0.2) is 0 Å². The van der Waals surface area contributed by atoms with Gasteiger partial charge in [0, 0.05) is 32.2 Å². The molecule has 116 valence electrons. The highest BCUT2D eigenvalue weighted by molar-refractivity contribution is 4.91. The molecular formula is C16H31N3O. The standard InChI is InChI=1S/C16H31N3O/c1-3-16(5-7-17-8-6-16)4-2-15(1)18-9-10-19-11-13-20-14-12-19/h15,17-18H,1-14H2. The van der Waals surface area contributed by atoms with Gasteiger partial charge in [-0.2, -0.15) is 0 Å². The maximum Gasteiger partial charge on any atom is 0.0594 e. The van der Waals surface area contributed by atoms with Crippen LogP contribution in [0, 0.1) is 5.41 Å². The van der Waals surface area contributed by atoms with E-state index >= 15 is 0 Å². The van der Waals surface area contributed by atoms with Crippen LogP contribution in [0.4, 0.5) is 0 Å². The predicted molar refractivity (Wildman–Crippen MR) is 82.1 cm³/mol. The summed E-state index contributed by atoms with van der Waals surface area (Å²) in [6, 6.07) is 0.775. The smallest absolute Gasteiger partial charge is 0.0594 e. The number of nitrogens with zero attached hydrogens (tertiary/aromatic N) is 1. The largest absolute Gasteiger partial charge is 0.379 e. The molecule has 2 N–H and O–H groups in total. The van der Waals surface area contributed by atoms with Gasteiger partial charge in [-0.05, 0) is 57.0 Å². The number of piperidine rings is 1. The highest BCUT2D eigenvalue weighted by Gasteiger charge is 2.35. The van der Waals surface area contributed by atoms with Crippen LogP contribution in [-0.2, 0) is 4.74 Å². The number of hydrogen-bond donors (Lipinski definition) is 2. The molecule has 2 aliphatic heterocycles. The van der Waals surface area contributed by atoms with Crippen LogP contribution in [0.25, 0.3) is 0 Å². The molecule has 3 rings (SSSR count). The Morgan fingerprint density at radius 2 is 1.75 bits per heavy atom. The summed E-state index contributed by atoms with van der Waals surface area (Å²) in [5.41, 5.74) is 0.702. The summed E-state index contributed by atoms with van der Waals surface area (Å²) in [5, 5.41) is 7.30. The van der Waals surface area contributed by atoms with E-state index in [1.54, 1.807) is 0 Å².